The van der Waals surface area contributed by atoms with Crippen molar-refractivity contribution >= 4 is 16.6 Å². The molecule has 1 N–H and O–H groups in total. The van der Waals surface area contributed by atoms with Crippen molar-refractivity contribution in [3.8, 4) is 0 Å². The van der Waals surface area contributed by atoms with Gasteiger partial charge in [0, 0.05) is 34.9 Å². The lowest BCUT2D eigenvalue weighted by atomic mass is 10.2. The molecule has 0 radical (unpaired) electrons. The van der Waals surface area contributed by atoms with E-state index in [1.54, 1.807) is 6.20 Å². The fourth-order valence-corrected chi connectivity index (χ4v) is 1.61. The molecule has 0 unspecified atom stereocenters. The van der Waals surface area contributed by atoms with Crippen LogP contribution in [0.25, 0.3) is 10.8 Å². The quantitative estimate of drug-likeness (QED) is 0.811. The van der Waals surface area contributed by atoms with Crippen LogP contribution in [0.2, 0.25) is 0 Å². The minimum Gasteiger partial charge on any atom is -0.367 e. The van der Waals surface area contributed by atoms with E-state index in [1.807, 2.05) is 25.3 Å². The molecule has 0 fully saturated rings. The summed E-state index contributed by atoms with van der Waals surface area (Å²) in [4.78, 5) is 8.62. The molecule has 0 spiro atoms. The molecular formula is C12H15N3. The minimum atomic E-state index is 0.385. The van der Waals surface area contributed by atoms with Crippen LogP contribution in [0, 0.1) is 6.92 Å². The number of anilines is 1. The van der Waals surface area contributed by atoms with Crippen LogP contribution in [0.5, 0.6) is 0 Å². The summed E-state index contributed by atoms with van der Waals surface area (Å²) in [5.74, 6) is 0.947. The number of aromatic nitrogens is 2. The van der Waals surface area contributed by atoms with Gasteiger partial charge in [0.15, 0.2) is 0 Å². The zero-order chi connectivity index (χ0) is 10.8. The van der Waals surface area contributed by atoms with Gasteiger partial charge in [-0.05, 0) is 32.9 Å². The Morgan fingerprint density at radius 3 is 2.87 bits per heavy atom. The molecule has 0 bridgehead atoms. The van der Waals surface area contributed by atoms with Gasteiger partial charge in [0.1, 0.15) is 5.82 Å². The first-order chi connectivity index (χ1) is 7.16. The van der Waals surface area contributed by atoms with Crippen molar-refractivity contribution in [2.24, 2.45) is 0 Å². The van der Waals surface area contributed by atoms with Crippen molar-refractivity contribution in [2.75, 3.05) is 5.32 Å². The molecular weight excluding hydrogens is 186 g/mol. The molecule has 0 aliphatic carbocycles. The summed E-state index contributed by atoms with van der Waals surface area (Å²) in [6.07, 6.45) is 3.67. The predicted octanol–water partition coefficient (Wildman–Crippen LogP) is 2.76. The first-order valence-corrected chi connectivity index (χ1v) is 5.15. The van der Waals surface area contributed by atoms with Crippen LogP contribution in [0.1, 0.15) is 19.5 Å². The van der Waals surface area contributed by atoms with Crippen molar-refractivity contribution in [1.29, 1.82) is 0 Å². The van der Waals surface area contributed by atoms with Crippen LogP contribution >= 0.6 is 0 Å². The first kappa shape index (κ1) is 9.90. The van der Waals surface area contributed by atoms with Crippen LogP contribution in [0.3, 0.4) is 0 Å². The van der Waals surface area contributed by atoms with Gasteiger partial charge >= 0.3 is 0 Å². The summed E-state index contributed by atoms with van der Waals surface area (Å²) >= 11 is 0. The van der Waals surface area contributed by atoms with Crippen LogP contribution in [0.15, 0.2) is 24.5 Å². The highest BCUT2D eigenvalue weighted by molar-refractivity contribution is 5.91. The SMILES string of the molecule is Cc1cc2cnccc2c(NC(C)C)n1. The Hall–Kier alpha value is -1.64. The topological polar surface area (TPSA) is 37.8 Å². The van der Waals surface area contributed by atoms with Gasteiger partial charge in [-0.15, -0.1) is 0 Å². The lowest BCUT2D eigenvalue weighted by Crippen LogP contribution is -2.11. The number of nitrogens with zero attached hydrogens (tertiary/aromatic N) is 2. The molecule has 3 nitrogen and oxygen atoms in total. The molecule has 15 heavy (non-hydrogen) atoms. The zero-order valence-corrected chi connectivity index (χ0v) is 9.28. The third kappa shape index (κ3) is 2.06. The van der Waals surface area contributed by atoms with E-state index in [0.29, 0.717) is 6.04 Å². The average molecular weight is 201 g/mol. The van der Waals surface area contributed by atoms with E-state index in [-0.39, 0.29) is 0 Å². The lowest BCUT2D eigenvalue weighted by molar-refractivity contribution is 0.890. The molecule has 3 heteroatoms. The van der Waals surface area contributed by atoms with Gasteiger partial charge in [-0.1, -0.05) is 0 Å². The van der Waals surface area contributed by atoms with Crippen molar-refractivity contribution in [3.63, 3.8) is 0 Å². The molecule has 2 heterocycles. The molecule has 0 aliphatic rings. The van der Waals surface area contributed by atoms with Gasteiger partial charge in [-0.25, -0.2) is 4.98 Å². The monoisotopic (exact) mass is 201 g/mol. The van der Waals surface area contributed by atoms with E-state index in [9.17, 15) is 0 Å². The number of hydrogen-bond acceptors (Lipinski definition) is 3. The lowest BCUT2D eigenvalue weighted by Gasteiger charge is -2.12. The fraction of sp³-hybridized carbons (Fsp3) is 0.333. The standard InChI is InChI=1S/C12H15N3/c1-8(2)14-12-11-4-5-13-7-10(11)6-9(3)15-12/h4-8H,1-3H3,(H,14,15). The van der Waals surface area contributed by atoms with Crippen molar-refractivity contribution in [1.82, 2.24) is 9.97 Å². The van der Waals surface area contributed by atoms with Crippen molar-refractivity contribution in [2.45, 2.75) is 26.8 Å². The molecule has 78 valence electrons. The molecule has 0 amide bonds. The van der Waals surface area contributed by atoms with E-state index in [1.165, 1.54) is 0 Å². The second-order valence-corrected chi connectivity index (χ2v) is 4.01. The van der Waals surface area contributed by atoms with E-state index < -0.39 is 0 Å². The first-order valence-electron chi connectivity index (χ1n) is 5.15. The number of nitrogens with one attached hydrogen (secondary N) is 1. The number of rotatable bonds is 2. The maximum absolute atomic E-state index is 4.50. The number of aryl methyl sites for hydroxylation is 1. The Balaban J connectivity index is 2.60. The minimum absolute atomic E-state index is 0.385. The summed E-state index contributed by atoms with van der Waals surface area (Å²) in [5, 5.41) is 5.61. The third-order valence-corrected chi connectivity index (χ3v) is 2.18. The van der Waals surface area contributed by atoms with Gasteiger partial charge in [0.25, 0.3) is 0 Å². The Morgan fingerprint density at radius 1 is 1.33 bits per heavy atom. The number of pyridine rings is 2. The van der Waals surface area contributed by atoms with Crippen LogP contribution < -0.4 is 5.32 Å². The molecule has 2 rings (SSSR count). The smallest absolute Gasteiger partial charge is 0.134 e. The van der Waals surface area contributed by atoms with Gasteiger partial charge in [-0.2, -0.15) is 0 Å². The second-order valence-electron chi connectivity index (χ2n) is 4.01. The van der Waals surface area contributed by atoms with Crippen molar-refractivity contribution < 1.29 is 0 Å². The molecule has 0 atom stereocenters. The molecule has 0 aromatic carbocycles. The maximum Gasteiger partial charge on any atom is 0.134 e. The predicted molar refractivity (Wildman–Crippen MR) is 63.0 cm³/mol. The Labute approximate surface area is 89.6 Å². The summed E-state index contributed by atoms with van der Waals surface area (Å²) in [6.45, 7) is 6.21. The summed E-state index contributed by atoms with van der Waals surface area (Å²) < 4.78 is 0. The molecule has 2 aromatic rings. The molecule has 0 saturated carbocycles. The van der Waals surface area contributed by atoms with Gasteiger partial charge in [-0.3, -0.25) is 4.98 Å². The normalized spacial score (nSPS) is 10.9. The van der Waals surface area contributed by atoms with Crippen molar-refractivity contribution in [3.05, 3.63) is 30.2 Å². The van der Waals surface area contributed by atoms with E-state index in [2.05, 4.69) is 29.1 Å². The molecule has 2 aromatic heterocycles. The Bertz CT molecular complexity index is 477. The van der Waals surface area contributed by atoms with Crippen LogP contribution in [-0.2, 0) is 0 Å². The maximum atomic E-state index is 4.50. The van der Waals surface area contributed by atoms with Gasteiger partial charge < -0.3 is 5.32 Å². The van der Waals surface area contributed by atoms with E-state index in [0.717, 1.165) is 22.3 Å². The van der Waals surface area contributed by atoms with Crippen LogP contribution in [0.4, 0.5) is 5.82 Å². The van der Waals surface area contributed by atoms with Crippen LogP contribution in [-0.4, -0.2) is 16.0 Å². The highest BCUT2D eigenvalue weighted by Gasteiger charge is 2.04. The van der Waals surface area contributed by atoms with Gasteiger partial charge in [0.05, 0.1) is 0 Å². The highest BCUT2D eigenvalue weighted by Crippen LogP contribution is 2.21. The molecule has 0 saturated heterocycles. The Morgan fingerprint density at radius 2 is 2.13 bits per heavy atom. The fourth-order valence-electron chi connectivity index (χ4n) is 1.61. The van der Waals surface area contributed by atoms with E-state index in [4.69, 9.17) is 0 Å². The summed E-state index contributed by atoms with van der Waals surface area (Å²) in [7, 11) is 0. The largest absolute Gasteiger partial charge is 0.367 e. The zero-order valence-electron chi connectivity index (χ0n) is 9.28. The highest BCUT2D eigenvalue weighted by atomic mass is 15.0. The number of fused-ring (bicyclic) bond motifs is 1. The van der Waals surface area contributed by atoms with Gasteiger partial charge in [0.2, 0.25) is 0 Å². The number of hydrogen-bond donors (Lipinski definition) is 1. The average Bonchev–Trinajstić information content (AvgIpc) is 2.16. The molecule has 0 aliphatic heterocycles. The summed E-state index contributed by atoms with van der Waals surface area (Å²) in [6, 6.07) is 4.43. The van der Waals surface area contributed by atoms with E-state index >= 15 is 0 Å². The summed E-state index contributed by atoms with van der Waals surface area (Å²) in [5.41, 5.74) is 1.01. The third-order valence-electron chi connectivity index (χ3n) is 2.18. The Kier molecular flexibility index (Phi) is 2.54. The second kappa shape index (κ2) is 3.85.